The molecule has 0 radical (unpaired) electrons. The number of nitrogens with zero attached hydrogens (tertiary/aromatic N) is 2. The Morgan fingerprint density at radius 1 is 1.22 bits per heavy atom. The lowest BCUT2D eigenvalue weighted by Crippen LogP contribution is -1.95. The molecule has 0 aliphatic carbocycles. The maximum absolute atomic E-state index is 4.32. The highest BCUT2D eigenvalue weighted by Crippen LogP contribution is 2.18. The van der Waals surface area contributed by atoms with Crippen LogP contribution in [-0.2, 0) is 0 Å². The van der Waals surface area contributed by atoms with E-state index in [2.05, 4.69) is 68.5 Å². The third-order valence-corrected chi connectivity index (χ3v) is 2.25. The minimum Gasteiger partial charge on any atom is -0.261 e. The Morgan fingerprint density at radius 2 is 1.83 bits per heavy atom. The lowest BCUT2D eigenvalue weighted by atomic mass is 10.0. The standard InChI is InChI=1S/C11H17N.C4H5N.CH4/c1-8(2)10-5-6-12-11(7-10)9(3)4;1-3-4-5-2;/h5-9H,1-4H3;2H2,1H3;1H4. The van der Waals surface area contributed by atoms with E-state index in [1.165, 1.54) is 11.3 Å². The van der Waals surface area contributed by atoms with Crippen LogP contribution in [0.5, 0.6) is 0 Å². The van der Waals surface area contributed by atoms with Crippen LogP contribution >= 0.6 is 0 Å². The molecule has 0 saturated heterocycles. The molecule has 0 saturated carbocycles. The fraction of sp³-hybridized carbons (Fsp3) is 0.500. The predicted molar refractivity (Wildman–Crippen MR) is 82.1 cm³/mol. The first kappa shape index (κ1) is 18.7. The van der Waals surface area contributed by atoms with Gasteiger partial charge in [-0.3, -0.25) is 4.98 Å². The molecule has 0 amide bonds. The van der Waals surface area contributed by atoms with Crippen molar-refractivity contribution >= 4 is 6.72 Å². The third kappa shape index (κ3) is 7.62. The molecule has 0 aromatic carbocycles. The summed E-state index contributed by atoms with van der Waals surface area (Å²) in [6.45, 7) is 13.6. The van der Waals surface area contributed by atoms with Gasteiger partial charge in [-0.1, -0.05) is 41.0 Å². The molecule has 2 heteroatoms. The highest BCUT2D eigenvalue weighted by molar-refractivity contribution is 5.27. The van der Waals surface area contributed by atoms with Gasteiger partial charge in [0.2, 0.25) is 0 Å². The molecule has 1 rings (SSSR count). The smallest absolute Gasteiger partial charge is 0.0431 e. The van der Waals surface area contributed by atoms with Crippen LogP contribution in [0.2, 0.25) is 0 Å². The zero-order valence-electron chi connectivity index (χ0n) is 11.5. The van der Waals surface area contributed by atoms with E-state index in [1.54, 1.807) is 6.92 Å². The van der Waals surface area contributed by atoms with E-state index in [-0.39, 0.29) is 7.43 Å². The molecular formula is C16H26N2. The zero-order chi connectivity index (χ0) is 13.3. The van der Waals surface area contributed by atoms with Gasteiger partial charge in [0.15, 0.2) is 0 Å². The number of pyridine rings is 1. The molecule has 1 aromatic heterocycles. The maximum Gasteiger partial charge on any atom is 0.0431 e. The molecular weight excluding hydrogens is 220 g/mol. The van der Waals surface area contributed by atoms with Crippen molar-refractivity contribution in [3.63, 3.8) is 0 Å². The van der Waals surface area contributed by atoms with Crippen LogP contribution < -0.4 is 0 Å². The first-order valence-corrected chi connectivity index (χ1v) is 5.86. The lowest BCUT2D eigenvalue weighted by molar-refractivity contribution is 0.799. The van der Waals surface area contributed by atoms with Crippen molar-refractivity contribution in [3.05, 3.63) is 29.6 Å². The van der Waals surface area contributed by atoms with Crippen molar-refractivity contribution in [1.82, 2.24) is 4.98 Å². The summed E-state index contributed by atoms with van der Waals surface area (Å²) >= 11 is 0. The number of hydrogen-bond donors (Lipinski definition) is 0. The van der Waals surface area contributed by atoms with Crippen LogP contribution in [0.25, 0.3) is 0 Å². The maximum atomic E-state index is 4.32. The van der Waals surface area contributed by atoms with E-state index in [4.69, 9.17) is 0 Å². The fourth-order valence-corrected chi connectivity index (χ4v) is 1.22. The second kappa shape index (κ2) is 10.5. The Balaban J connectivity index is 0. The highest BCUT2D eigenvalue weighted by Gasteiger charge is 2.03. The molecule has 0 aliphatic rings. The van der Waals surface area contributed by atoms with Gasteiger partial charge in [0.05, 0.1) is 0 Å². The molecule has 1 heterocycles. The molecule has 0 fully saturated rings. The molecule has 1 aromatic rings. The Kier molecular flexibility index (Phi) is 11.0. The topological polar surface area (TPSA) is 25.2 Å². The van der Waals surface area contributed by atoms with Crippen molar-refractivity contribution in [2.45, 2.75) is 53.9 Å². The normalized spacial score (nSPS) is 8.61. The summed E-state index contributed by atoms with van der Waals surface area (Å²) in [6.07, 6.45) is 1.91. The molecule has 0 spiro atoms. The number of hydrogen-bond acceptors (Lipinski definition) is 2. The second-order valence-corrected chi connectivity index (χ2v) is 4.34. The second-order valence-electron chi connectivity index (χ2n) is 4.34. The third-order valence-electron chi connectivity index (χ3n) is 2.25. The van der Waals surface area contributed by atoms with Crippen molar-refractivity contribution in [1.29, 1.82) is 0 Å². The van der Waals surface area contributed by atoms with Crippen molar-refractivity contribution in [2.75, 3.05) is 0 Å². The van der Waals surface area contributed by atoms with Gasteiger partial charge in [0.1, 0.15) is 0 Å². The van der Waals surface area contributed by atoms with E-state index in [0.717, 1.165) is 0 Å². The zero-order valence-corrected chi connectivity index (χ0v) is 11.5. The minimum atomic E-state index is 0. The number of rotatable bonds is 2. The monoisotopic (exact) mass is 246 g/mol. The summed E-state index contributed by atoms with van der Waals surface area (Å²) in [6, 6.07) is 6.67. The fourth-order valence-electron chi connectivity index (χ4n) is 1.22. The first-order valence-electron chi connectivity index (χ1n) is 5.86. The van der Waals surface area contributed by atoms with Gasteiger partial charge in [-0.25, -0.2) is 4.99 Å². The van der Waals surface area contributed by atoms with Gasteiger partial charge in [-0.15, -0.1) is 0 Å². The van der Waals surface area contributed by atoms with Gasteiger partial charge in [0, 0.05) is 24.7 Å². The molecule has 100 valence electrons. The van der Waals surface area contributed by atoms with Gasteiger partial charge >= 0.3 is 0 Å². The van der Waals surface area contributed by atoms with E-state index in [9.17, 15) is 0 Å². The number of aromatic nitrogens is 1. The van der Waals surface area contributed by atoms with Gasteiger partial charge in [-0.05, 0) is 36.5 Å². The molecule has 2 nitrogen and oxygen atoms in total. The van der Waals surface area contributed by atoms with Crippen LogP contribution in [0, 0.1) is 12.0 Å². The summed E-state index contributed by atoms with van der Waals surface area (Å²) < 4.78 is 0. The Hall–Kier alpha value is -1.62. The van der Waals surface area contributed by atoms with Crippen LogP contribution in [0.1, 0.15) is 65.1 Å². The largest absolute Gasteiger partial charge is 0.261 e. The Labute approximate surface area is 113 Å². The molecule has 0 bridgehead atoms. The van der Waals surface area contributed by atoms with E-state index >= 15 is 0 Å². The van der Waals surface area contributed by atoms with E-state index < -0.39 is 0 Å². The van der Waals surface area contributed by atoms with Gasteiger partial charge in [-0.2, -0.15) is 0 Å². The Bertz CT molecular complexity index is 372. The number of aliphatic imine (C=N–C) groups is 1. The van der Waals surface area contributed by atoms with Crippen molar-refractivity contribution in [3.8, 4) is 12.0 Å². The summed E-state index contributed by atoms with van der Waals surface area (Å²) in [7, 11) is 0. The summed E-state index contributed by atoms with van der Waals surface area (Å²) in [5.74, 6) is 3.67. The predicted octanol–water partition coefficient (Wildman–Crippen LogP) is 4.63. The molecule has 0 atom stereocenters. The molecule has 0 unspecified atom stereocenters. The minimum absolute atomic E-state index is 0. The average molecular weight is 246 g/mol. The highest BCUT2D eigenvalue weighted by atomic mass is 14.7. The summed E-state index contributed by atoms with van der Waals surface area (Å²) in [4.78, 5) is 7.56. The molecule has 0 N–H and O–H groups in total. The van der Waals surface area contributed by atoms with Crippen LogP contribution in [0.3, 0.4) is 0 Å². The van der Waals surface area contributed by atoms with Crippen LogP contribution in [0.4, 0.5) is 0 Å². The molecule has 18 heavy (non-hydrogen) atoms. The van der Waals surface area contributed by atoms with E-state index in [1.807, 2.05) is 6.20 Å². The first-order chi connectivity index (χ1) is 8.02. The van der Waals surface area contributed by atoms with Crippen LogP contribution in [0.15, 0.2) is 23.3 Å². The SMILES string of the molecule is C.C=NC#CC.CC(C)c1ccnc(C(C)C)c1. The van der Waals surface area contributed by atoms with Gasteiger partial charge < -0.3 is 0 Å². The lowest BCUT2D eigenvalue weighted by Gasteiger charge is -2.08. The van der Waals surface area contributed by atoms with Crippen molar-refractivity contribution in [2.24, 2.45) is 4.99 Å². The van der Waals surface area contributed by atoms with Crippen LogP contribution in [-0.4, -0.2) is 11.7 Å². The van der Waals surface area contributed by atoms with E-state index in [0.29, 0.717) is 11.8 Å². The molecule has 0 aliphatic heterocycles. The summed E-state index contributed by atoms with van der Waals surface area (Å²) in [5, 5.41) is 0. The van der Waals surface area contributed by atoms with Gasteiger partial charge in [0.25, 0.3) is 0 Å². The quantitative estimate of drug-likeness (QED) is 0.551. The Morgan fingerprint density at radius 3 is 2.17 bits per heavy atom. The van der Waals surface area contributed by atoms with Crippen molar-refractivity contribution < 1.29 is 0 Å². The summed E-state index contributed by atoms with van der Waals surface area (Å²) in [5.41, 5.74) is 2.58. The average Bonchev–Trinajstić information content (AvgIpc) is 2.31.